The molecule has 9 heavy (non-hydrogen) atoms. The first-order chi connectivity index (χ1) is 3.68. The zero-order chi connectivity index (χ0) is 6.57. The van der Waals surface area contributed by atoms with Crippen LogP contribution in [0.1, 0.15) is 13.8 Å². The number of hydrogen-bond donors (Lipinski definition) is 0. The zero-order valence-electron chi connectivity index (χ0n) is 5.60. The fourth-order valence-corrected chi connectivity index (χ4v) is 0.212. The Labute approximate surface area is 68.6 Å². The predicted molar refractivity (Wildman–Crippen MR) is 37.1 cm³/mol. The van der Waals surface area contributed by atoms with Crippen molar-refractivity contribution < 1.29 is 24.3 Å². The molecule has 0 saturated carbocycles. The molecule has 54 valence electrons. The average Bonchev–Trinajstić information content (AvgIpc) is 1.67. The molecule has 0 atom stereocenters. The Bertz CT molecular complexity index is 136. The van der Waals surface area contributed by atoms with Gasteiger partial charge in [-0.05, 0) is 6.29 Å². The topological polar surface area (TPSA) is 17.1 Å². The first-order valence-corrected chi connectivity index (χ1v) is 2.39. The second kappa shape index (κ2) is 5.90. The van der Waals surface area contributed by atoms with Gasteiger partial charge in [0.2, 0.25) is 0 Å². The summed E-state index contributed by atoms with van der Waals surface area (Å²) in [5.74, 6) is 0. The van der Waals surface area contributed by atoms with Crippen LogP contribution >= 0.6 is 0 Å². The van der Waals surface area contributed by atoms with E-state index in [9.17, 15) is 4.79 Å². The van der Waals surface area contributed by atoms with Gasteiger partial charge in [0, 0.05) is 0 Å². The summed E-state index contributed by atoms with van der Waals surface area (Å²) in [5, 5.41) is 0. The Morgan fingerprint density at radius 1 is 1.56 bits per heavy atom. The van der Waals surface area contributed by atoms with Gasteiger partial charge in [0.15, 0.2) is 0 Å². The summed E-state index contributed by atoms with van der Waals surface area (Å²) < 4.78 is 0. The maximum absolute atomic E-state index is 9.68. The minimum absolute atomic E-state index is 0. The molecule has 0 rings (SSSR count). The molecule has 0 saturated heterocycles. The monoisotopic (exact) mass is 213 g/mol. The van der Waals surface area contributed by atoms with Gasteiger partial charge in [0.25, 0.3) is 0 Å². The molecule has 0 heterocycles. The third-order valence-corrected chi connectivity index (χ3v) is 0.949. The minimum atomic E-state index is 0. The molecule has 0 aliphatic heterocycles. The van der Waals surface area contributed by atoms with Gasteiger partial charge in [-0.1, -0.05) is 6.92 Å². The summed E-state index contributed by atoms with van der Waals surface area (Å²) in [6, 6.07) is 0. The molecule has 0 spiro atoms. The number of allylic oxidation sites excluding steroid dienone is 3. The van der Waals surface area contributed by atoms with E-state index in [4.69, 9.17) is 0 Å². The zero-order valence-corrected chi connectivity index (χ0v) is 7.61. The molecule has 0 fully saturated rings. The Morgan fingerprint density at radius 3 is 2.11 bits per heavy atom. The summed E-state index contributed by atoms with van der Waals surface area (Å²) in [6.07, 6.45) is 3.05. The van der Waals surface area contributed by atoms with Crippen molar-refractivity contribution in [2.45, 2.75) is 13.8 Å². The predicted octanol–water partition coefficient (Wildman–Crippen LogP) is 1.08. The molecule has 0 N–H and O–H groups in total. The summed E-state index contributed by atoms with van der Waals surface area (Å²) in [4.78, 5) is 9.68. The molecule has 0 bridgehead atoms. The molecule has 0 aromatic rings. The van der Waals surface area contributed by atoms with E-state index in [0.717, 1.165) is 11.1 Å². The Hall–Kier alpha value is -0.227. The van der Waals surface area contributed by atoms with Crippen molar-refractivity contribution >= 4 is 6.29 Å². The molecule has 0 unspecified atom stereocenters. The average molecular weight is 212 g/mol. The van der Waals surface area contributed by atoms with E-state index in [0.29, 0.717) is 0 Å². The van der Waals surface area contributed by atoms with E-state index in [2.05, 4.69) is 6.58 Å². The SMILES string of the molecule is C=C(C)C(C)=C[C-]=O.[RuH2]. The second-order valence-corrected chi connectivity index (χ2v) is 1.73. The first-order valence-electron chi connectivity index (χ1n) is 2.39. The molecule has 0 aliphatic rings. The van der Waals surface area contributed by atoms with Crippen LogP contribution in [0.15, 0.2) is 23.8 Å². The Balaban J connectivity index is 0. The second-order valence-electron chi connectivity index (χ2n) is 1.73. The third-order valence-electron chi connectivity index (χ3n) is 0.949. The van der Waals surface area contributed by atoms with E-state index >= 15 is 0 Å². The van der Waals surface area contributed by atoms with Gasteiger partial charge >= 0.3 is 19.5 Å². The maximum atomic E-state index is 9.68. The number of hydrogen-bond acceptors (Lipinski definition) is 1. The number of carbonyl (C=O) groups excluding carboxylic acids is 1. The Kier molecular flexibility index (Phi) is 7.58. The molecule has 0 aliphatic carbocycles. The van der Waals surface area contributed by atoms with Crippen molar-refractivity contribution in [1.82, 2.24) is 0 Å². The van der Waals surface area contributed by atoms with Gasteiger partial charge in [0.1, 0.15) is 0 Å². The quantitative estimate of drug-likeness (QED) is 0.290. The van der Waals surface area contributed by atoms with Crippen LogP contribution in [0.5, 0.6) is 0 Å². The van der Waals surface area contributed by atoms with Gasteiger partial charge in [0.05, 0.1) is 0 Å². The van der Waals surface area contributed by atoms with Gasteiger partial charge in [-0.15, -0.1) is 19.1 Å². The van der Waals surface area contributed by atoms with Crippen molar-refractivity contribution in [2.24, 2.45) is 0 Å². The van der Waals surface area contributed by atoms with Crippen LogP contribution < -0.4 is 0 Å². The molecular weight excluding hydrogens is 201 g/mol. The van der Waals surface area contributed by atoms with Crippen LogP contribution in [0, 0.1) is 0 Å². The van der Waals surface area contributed by atoms with E-state index < -0.39 is 0 Å². The standard InChI is InChI=1S/C7H9O.Ru.2H/c1-6(2)7(3)4-5-8;;;/h4H,1H2,2-3H3;;;/q-1;;;. The molecule has 0 amide bonds. The molecule has 0 aromatic heterocycles. The van der Waals surface area contributed by atoms with E-state index in [-0.39, 0.29) is 19.5 Å². The fourth-order valence-electron chi connectivity index (χ4n) is 0.212. The van der Waals surface area contributed by atoms with Crippen molar-refractivity contribution in [1.29, 1.82) is 0 Å². The van der Waals surface area contributed by atoms with E-state index in [1.54, 1.807) is 6.29 Å². The van der Waals surface area contributed by atoms with Gasteiger partial charge < -0.3 is 4.79 Å². The number of rotatable bonds is 2. The normalized spacial score (nSPS) is 9.78. The van der Waals surface area contributed by atoms with Crippen LogP contribution in [0.3, 0.4) is 0 Å². The summed E-state index contributed by atoms with van der Waals surface area (Å²) in [7, 11) is 0. The molecular formula is C7H11ORu-. The van der Waals surface area contributed by atoms with Crippen LogP contribution in [0.2, 0.25) is 0 Å². The van der Waals surface area contributed by atoms with Crippen molar-refractivity contribution in [3.05, 3.63) is 23.8 Å². The van der Waals surface area contributed by atoms with Gasteiger partial charge in [-0.25, -0.2) is 0 Å². The van der Waals surface area contributed by atoms with Crippen LogP contribution in [0.4, 0.5) is 0 Å². The van der Waals surface area contributed by atoms with Crippen LogP contribution in [0.25, 0.3) is 0 Å². The fraction of sp³-hybridized carbons (Fsp3) is 0.286. The Morgan fingerprint density at radius 2 is 2.00 bits per heavy atom. The van der Waals surface area contributed by atoms with Crippen molar-refractivity contribution in [3.63, 3.8) is 0 Å². The summed E-state index contributed by atoms with van der Waals surface area (Å²) >= 11 is 0. The summed E-state index contributed by atoms with van der Waals surface area (Å²) in [5.41, 5.74) is 1.80. The molecule has 0 aromatic carbocycles. The summed E-state index contributed by atoms with van der Waals surface area (Å²) in [6.45, 7) is 7.30. The van der Waals surface area contributed by atoms with Crippen molar-refractivity contribution in [2.75, 3.05) is 0 Å². The molecule has 2 heteroatoms. The molecule has 0 radical (unpaired) electrons. The van der Waals surface area contributed by atoms with Gasteiger partial charge in [-0.2, -0.15) is 11.6 Å². The van der Waals surface area contributed by atoms with Gasteiger partial charge in [-0.3, -0.25) is 0 Å². The van der Waals surface area contributed by atoms with Crippen LogP contribution in [-0.4, -0.2) is 6.29 Å². The third kappa shape index (κ3) is 5.65. The molecule has 1 nitrogen and oxygen atoms in total. The van der Waals surface area contributed by atoms with E-state index in [1.165, 1.54) is 6.08 Å². The van der Waals surface area contributed by atoms with E-state index in [1.807, 2.05) is 13.8 Å². The first kappa shape index (κ1) is 11.6. The van der Waals surface area contributed by atoms with Crippen molar-refractivity contribution in [3.8, 4) is 0 Å². The van der Waals surface area contributed by atoms with Crippen LogP contribution in [-0.2, 0) is 24.3 Å².